The molecular formula is C12H8IN3O4. The molecule has 1 heterocycles. The van der Waals surface area contributed by atoms with E-state index in [9.17, 15) is 19.7 Å². The Kier molecular flexibility index (Phi) is 4.13. The van der Waals surface area contributed by atoms with Crippen molar-refractivity contribution in [2.24, 2.45) is 0 Å². The van der Waals surface area contributed by atoms with Crippen LogP contribution in [0.5, 0.6) is 0 Å². The van der Waals surface area contributed by atoms with Crippen molar-refractivity contribution in [1.82, 2.24) is 9.97 Å². The summed E-state index contributed by atoms with van der Waals surface area (Å²) < 4.78 is 0.999. The van der Waals surface area contributed by atoms with Crippen LogP contribution in [0, 0.1) is 13.7 Å². The Labute approximate surface area is 125 Å². The van der Waals surface area contributed by atoms with Crippen molar-refractivity contribution in [3.63, 3.8) is 0 Å². The number of nitro groups is 1. The molecule has 2 N–H and O–H groups in total. The largest absolute Gasteiger partial charge is 0.357 e. The molecule has 2 aromatic rings. The minimum absolute atomic E-state index is 0.136. The van der Waals surface area contributed by atoms with E-state index in [0.29, 0.717) is 0 Å². The number of halogens is 1. The van der Waals surface area contributed by atoms with Crippen LogP contribution < -0.4 is 11.2 Å². The van der Waals surface area contributed by atoms with Gasteiger partial charge in [-0.25, -0.2) is 4.79 Å². The van der Waals surface area contributed by atoms with Crippen LogP contribution in [0.25, 0.3) is 12.2 Å². The van der Waals surface area contributed by atoms with Gasteiger partial charge < -0.3 is 4.98 Å². The fraction of sp³-hybridized carbons (Fsp3) is 0. The van der Waals surface area contributed by atoms with Crippen molar-refractivity contribution in [2.45, 2.75) is 0 Å². The molecule has 0 unspecified atom stereocenters. The third-order valence-corrected chi connectivity index (χ3v) is 3.09. The lowest BCUT2D eigenvalue weighted by atomic mass is 10.2. The van der Waals surface area contributed by atoms with Gasteiger partial charge in [0.1, 0.15) is 5.69 Å². The topological polar surface area (TPSA) is 109 Å². The molecule has 0 aliphatic carbocycles. The highest BCUT2D eigenvalue weighted by Gasteiger charge is 2.18. The summed E-state index contributed by atoms with van der Waals surface area (Å²) in [6.07, 6.45) is 2.92. The lowest BCUT2D eigenvalue weighted by Crippen LogP contribution is -2.25. The molecule has 1 aromatic heterocycles. The van der Waals surface area contributed by atoms with Crippen molar-refractivity contribution < 1.29 is 4.92 Å². The number of hydrogen-bond acceptors (Lipinski definition) is 4. The Hall–Kier alpha value is -2.23. The van der Waals surface area contributed by atoms with E-state index in [1.807, 2.05) is 23.2 Å². The van der Waals surface area contributed by atoms with E-state index in [1.165, 1.54) is 6.08 Å². The van der Waals surface area contributed by atoms with Crippen molar-refractivity contribution in [3.05, 3.63) is 70.0 Å². The zero-order valence-corrected chi connectivity index (χ0v) is 12.1. The zero-order chi connectivity index (χ0) is 14.7. The molecule has 20 heavy (non-hydrogen) atoms. The summed E-state index contributed by atoms with van der Waals surface area (Å²) in [7, 11) is 0. The molecule has 2 rings (SSSR count). The Bertz CT molecular complexity index is 807. The summed E-state index contributed by atoms with van der Waals surface area (Å²) in [6.45, 7) is 0. The van der Waals surface area contributed by atoms with Crippen molar-refractivity contribution in [2.75, 3.05) is 0 Å². The Morgan fingerprint density at radius 3 is 2.60 bits per heavy atom. The number of H-pyrrole nitrogens is 2. The van der Waals surface area contributed by atoms with E-state index in [2.05, 4.69) is 27.6 Å². The van der Waals surface area contributed by atoms with Crippen LogP contribution in [0.3, 0.4) is 0 Å². The van der Waals surface area contributed by atoms with Gasteiger partial charge in [0.2, 0.25) is 0 Å². The molecule has 0 bridgehead atoms. The summed E-state index contributed by atoms with van der Waals surface area (Å²) in [6, 6.07) is 7.38. The third kappa shape index (κ3) is 3.20. The fourth-order valence-electron chi connectivity index (χ4n) is 1.59. The first-order chi connectivity index (χ1) is 9.47. The molecule has 0 saturated carbocycles. The second-order valence-corrected chi connectivity index (χ2v) is 5.06. The van der Waals surface area contributed by atoms with Gasteiger partial charge in [0.15, 0.2) is 0 Å². The van der Waals surface area contributed by atoms with Gasteiger partial charge in [-0.2, -0.15) is 0 Å². The van der Waals surface area contributed by atoms with Gasteiger partial charge in [-0.05, 0) is 46.4 Å². The number of aromatic nitrogens is 2. The second kappa shape index (κ2) is 5.82. The van der Waals surface area contributed by atoms with Gasteiger partial charge in [-0.1, -0.05) is 18.2 Å². The summed E-state index contributed by atoms with van der Waals surface area (Å²) >= 11 is 2.13. The van der Waals surface area contributed by atoms with Crippen LogP contribution in [0.2, 0.25) is 0 Å². The molecular weight excluding hydrogens is 377 g/mol. The number of hydrogen-bond donors (Lipinski definition) is 2. The van der Waals surface area contributed by atoms with Crippen LogP contribution in [0.4, 0.5) is 5.69 Å². The van der Waals surface area contributed by atoms with Crippen LogP contribution in [-0.4, -0.2) is 14.9 Å². The first kappa shape index (κ1) is 14.2. The number of nitrogens with zero attached hydrogens (tertiary/aromatic N) is 1. The van der Waals surface area contributed by atoms with Crippen molar-refractivity contribution in [1.29, 1.82) is 0 Å². The van der Waals surface area contributed by atoms with Gasteiger partial charge >= 0.3 is 16.9 Å². The van der Waals surface area contributed by atoms with Gasteiger partial charge in [0, 0.05) is 3.57 Å². The molecule has 0 saturated heterocycles. The van der Waals surface area contributed by atoms with Crippen LogP contribution in [0.15, 0.2) is 33.9 Å². The van der Waals surface area contributed by atoms with Crippen molar-refractivity contribution in [3.8, 4) is 0 Å². The summed E-state index contributed by atoms with van der Waals surface area (Å²) in [5, 5.41) is 10.8. The van der Waals surface area contributed by atoms with E-state index in [1.54, 1.807) is 12.1 Å². The lowest BCUT2D eigenvalue weighted by molar-refractivity contribution is -0.386. The van der Waals surface area contributed by atoms with E-state index < -0.39 is 21.9 Å². The summed E-state index contributed by atoms with van der Waals surface area (Å²) in [5.41, 5.74) is -1.84. The van der Waals surface area contributed by atoms with Crippen LogP contribution >= 0.6 is 22.6 Å². The maximum Gasteiger partial charge on any atom is 0.357 e. The number of aromatic amines is 2. The predicted octanol–water partition coefficient (Wildman–Crippen LogP) is 1.75. The molecule has 8 heteroatoms. The Morgan fingerprint density at radius 2 is 1.95 bits per heavy atom. The summed E-state index contributed by atoms with van der Waals surface area (Å²) in [4.78, 5) is 36.7. The van der Waals surface area contributed by atoms with E-state index >= 15 is 0 Å². The van der Waals surface area contributed by atoms with Crippen LogP contribution in [0.1, 0.15) is 11.3 Å². The van der Waals surface area contributed by atoms with Gasteiger partial charge in [0.25, 0.3) is 0 Å². The maximum absolute atomic E-state index is 11.4. The quantitative estimate of drug-likeness (QED) is 0.477. The lowest BCUT2D eigenvalue weighted by Gasteiger charge is -1.97. The highest BCUT2D eigenvalue weighted by atomic mass is 127. The Morgan fingerprint density at radius 1 is 1.20 bits per heavy atom. The average molecular weight is 385 g/mol. The molecule has 0 spiro atoms. The Balaban J connectivity index is 2.51. The number of benzene rings is 1. The molecule has 1 aromatic carbocycles. The maximum atomic E-state index is 11.4. The molecule has 0 atom stereocenters. The SMILES string of the molecule is O=c1[nH]c(C=Cc2cccc(I)c2)c([N+](=O)[O-])c(=O)[nH]1. The fourth-order valence-corrected chi connectivity index (χ4v) is 2.16. The normalized spacial score (nSPS) is 10.8. The molecule has 0 aliphatic rings. The highest BCUT2D eigenvalue weighted by molar-refractivity contribution is 14.1. The van der Waals surface area contributed by atoms with Gasteiger partial charge in [-0.15, -0.1) is 0 Å². The molecule has 0 fully saturated rings. The van der Waals surface area contributed by atoms with Gasteiger partial charge in [-0.3, -0.25) is 19.9 Å². The minimum Gasteiger partial charge on any atom is -0.301 e. The molecule has 0 radical (unpaired) electrons. The monoisotopic (exact) mass is 385 g/mol. The summed E-state index contributed by atoms with van der Waals surface area (Å²) in [5.74, 6) is 0. The first-order valence-corrected chi connectivity index (χ1v) is 6.50. The zero-order valence-electron chi connectivity index (χ0n) is 9.92. The third-order valence-electron chi connectivity index (χ3n) is 2.42. The second-order valence-electron chi connectivity index (χ2n) is 3.82. The van der Waals surface area contributed by atoms with E-state index in [4.69, 9.17) is 0 Å². The molecule has 7 nitrogen and oxygen atoms in total. The minimum atomic E-state index is -1.03. The molecule has 102 valence electrons. The van der Waals surface area contributed by atoms with E-state index in [0.717, 1.165) is 9.13 Å². The standard InChI is InChI=1S/C12H8IN3O4/c13-8-3-1-2-7(6-8)4-5-9-10(16(19)20)11(17)15-12(18)14-9/h1-6H,(H2,14,15,17,18). The molecule has 0 amide bonds. The van der Waals surface area contributed by atoms with Gasteiger partial charge in [0.05, 0.1) is 4.92 Å². The molecule has 0 aliphatic heterocycles. The van der Waals surface area contributed by atoms with E-state index in [-0.39, 0.29) is 5.69 Å². The predicted molar refractivity (Wildman–Crippen MR) is 82.4 cm³/mol. The first-order valence-electron chi connectivity index (χ1n) is 5.42. The average Bonchev–Trinajstić information content (AvgIpc) is 2.35. The van der Waals surface area contributed by atoms with Crippen molar-refractivity contribution >= 4 is 40.4 Å². The number of rotatable bonds is 3. The van der Waals surface area contributed by atoms with Crippen LogP contribution in [-0.2, 0) is 0 Å². The smallest absolute Gasteiger partial charge is 0.301 e. The highest BCUT2D eigenvalue weighted by Crippen LogP contribution is 2.14. The number of nitrogens with one attached hydrogen (secondary N) is 2.